The summed E-state index contributed by atoms with van der Waals surface area (Å²) in [5.41, 5.74) is 6.60. The highest BCUT2D eigenvalue weighted by Gasteiger charge is 2.16. The fourth-order valence-corrected chi connectivity index (χ4v) is 2.65. The van der Waals surface area contributed by atoms with Gasteiger partial charge in [0.05, 0.1) is 5.02 Å². The molecule has 2 rings (SSSR count). The molecule has 1 amide bonds. The molecule has 0 aliphatic carbocycles. The van der Waals surface area contributed by atoms with Gasteiger partial charge in [-0.2, -0.15) is 0 Å². The molecule has 0 heterocycles. The minimum atomic E-state index is -0.612. The molecule has 0 fully saturated rings. The standard InChI is InChI=1S/C16H15BrClNO2/c1-9(2)11-8-10(17)6-7-13(11)21-14-5-3-4-12(18)15(14)16(19)20/h3-9H,1-2H3,(H2,19,20). The van der Waals surface area contributed by atoms with Crippen LogP contribution in [-0.4, -0.2) is 5.91 Å². The number of rotatable bonds is 4. The molecule has 0 saturated heterocycles. The lowest BCUT2D eigenvalue weighted by Crippen LogP contribution is -2.13. The van der Waals surface area contributed by atoms with Crippen LogP contribution in [-0.2, 0) is 0 Å². The summed E-state index contributed by atoms with van der Waals surface area (Å²) in [6.45, 7) is 4.14. The van der Waals surface area contributed by atoms with Gasteiger partial charge in [0, 0.05) is 4.47 Å². The Morgan fingerprint density at radius 2 is 1.95 bits per heavy atom. The quantitative estimate of drug-likeness (QED) is 0.814. The zero-order valence-corrected chi connectivity index (χ0v) is 14.0. The van der Waals surface area contributed by atoms with Crippen LogP contribution in [0, 0.1) is 0 Å². The zero-order chi connectivity index (χ0) is 15.6. The van der Waals surface area contributed by atoms with E-state index in [4.69, 9.17) is 22.1 Å². The van der Waals surface area contributed by atoms with Crippen molar-refractivity contribution < 1.29 is 9.53 Å². The smallest absolute Gasteiger partial charge is 0.254 e. The molecule has 0 aliphatic rings. The number of primary amides is 1. The van der Waals surface area contributed by atoms with E-state index in [0.29, 0.717) is 11.5 Å². The van der Waals surface area contributed by atoms with Crippen molar-refractivity contribution in [2.24, 2.45) is 5.73 Å². The van der Waals surface area contributed by atoms with Gasteiger partial charge >= 0.3 is 0 Å². The average Bonchev–Trinajstić information content (AvgIpc) is 2.40. The van der Waals surface area contributed by atoms with E-state index in [0.717, 1.165) is 10.0 Å². The Morgan fingerprint density at radius 3 is 2.57 bits per heavy atom. The number of carbonyl (C=O) groups excluding carboxylic acids is 1. The SMILES string of the molecule is CC(C)c1cc(Br)ccc1Oc1cccc(Cl)c1C(N)=O. The molecule has 2 aromatic rings. The van der Waals surface area contributed by atoms with Gasteiger partial charge < -0.3 is 10.5 Å². The fourth-order valence-electron chi connectivity index (χ4n) is 2.01. The van der Waals surface area contributed by atoms with Crippen molar-refractivity contribution in [1.82, 2.24) is 0 Å². The summed E-state index contributed by atoms with van der Waals surface area (Å²) in [6, 6.07) is 10.7. The van der Waals surface area contributed by atoms with Gasteiger partial charge in [0.1, 0.15) is 17.1 Å². The number of carbonyl (C=O) groups is 1. The summed E-state index contributed by atoms with van der Waals surface area (Å²) in [7, 11) is 0. The zero-order valence-electron chi connectivity index (χ0n) is 11.7. The number of hydrogen-bond acceptors (Lipinski definition) is 2. The van der Waals surface area contributed by atoms with Crippen molar-refractivity contribution in [3.05, 3.63) is 57.0 Å². The normalized spacial score (nSPS) is 10.7. The molecule has 0 spiro atoms. The average molecular weight is 369 g/mol. The molecule has 21 heavy (non-hydrogen) atoms. The molecule has 0 bridgehead atoms. The van der Waals surface area contributed by atoms with Crippen LogP contribution in [0.5, 0.6) is 11.5 Å². The number of halogens is 2. The van der Waals surface area contributed by atoms with Gasteiger partial charge in [-0.05, 0) is 41.8 Å². The monoisotopic (exact) mass is 367 g/mol. The van der Waals surface area contributed by atoms with E-state index in [1.165, 1.54) is 0 Å². The van der Waals surface area contributed by atoms with Crippen molar-refractivity contribution in [1.29, 1.82) is 0 Å². The van der Waals surface area contributed by atoms with Gasteiger partial charge in [-0.15, -0.1) is 0 Å². The van der Waals surface area contributed by atoms with E-state index in [9.17, 15) is 4.79 Å². The molecule has 0 radical (unpaired) electrons. The largest absolute Gasteiger partial charge is 0.456 e. The lowest BCUT2D eigenvalue weighted by atomic mass is 10.0. The second-order valence-corrected chi connectivity index (χ2v) is 6.24. The highest BCUT2D eigenvalue weighted by molar-refractivity contribution is 9.10. The Hall–Kier alpha value is -1.52. The minimum Gasteiger partial charge on any atom is -0.456 e. The number of amides is 1. The second-order valence-electron chi connectivity index (χ2n) is 4.92. The summed E-state index contributed by atoms with van der Waals surface area (Å²) < 4.78 is 6.86. The molecule has 3 nitrogen and oxygen atoms in total. The van der Waals surface area contributed by atoms with Gasteiger partial charge in [0.25, 0.3) is 5.91 Å². The Labute approximate surface area is 137 Å². The van der Waals surface area contributed by atoms with Crippen LogP contribution in [0.2, 0.25) is 5.02 Å². The number of hydrogen-bond donors (Lipinski definition) is 1. The Morgan fingerprint density at radius 1 is 1.24 bits per heavy atom. The number of benzene rings is 2. The molecule has 0 unspecified atom stereocenters. The molecular formula is C16H15BrClNO2. The van der Waals surface area contributed by atoms with Gasteiger partial charge in [-0.25, -0.2) is 0 Å². The van der Waals surface area contributed by atoms with E-state index in [-0.39, 0.29) is 16.5 Å². The minimum absolute atomic E-state index is 0.191. The predicted molar refractivity (Wildman–Crippen MR) is 88.3 cm³/mol. The summed E-state index contributed by atoms with van der Waals surface area (Å²) >= 11 is 9.48. The third kappa shape index (κ3) is 3.57. The van der Waals surface area contributed by atoms with E-state index >= 15 is 0 Å². The molecular weight excluding hydrogens is 354 g/mol. The van der Waals surface area contributed by atoms with Crippen molar-refractivity contribution in [3.63, 3.8) is 0 Å². The molecule has 2 N–H and O–H groups in total. The van der Waals surface area contributed by atoms with Crippen LogP contribution < -0.4 is 10.5 Å². The predicted octanol–water partition coefficient (Wildman–Crippen LogP) is 5.12. The first-order valence-corrected chi connectivity index (χ1v) is 7.63. The lowest BCUT2D eigenvalue weighted by molar-refractivity contribution is 0.0998. The van der Waals surface area contributed by atoms with Gasteiger partial charge in [-0.3, -0.25) is 4.79 Å². The van der Waals surface area contributed by atoms with Gasteiger partial charge in [0.15, 0.2) is 0 Å². The maximum Gasteiger partial charge on any atom is 0.254 e. The highest BCUT2D eigenvalue weighted by atomic mass is 79.9. The molecule has 0 atom stereocenters. The third-order valence-corrected chi connectivity index (χ3v) is 3.84. The Balaban J connectivity index is 2.49. The van der Waals surface area contributed by atoms with Crippen molar-refractivity contribution in [2.45, 2.75) is 19.8 Å². The van der Waals surface area contributed by atoms with Crippen LogP contribution in [0.15, 0.2) is 40.9 Å². The summed E-state index contributed by atoms with van der Waals surface area (Å²) in [5.74, 6) is 0.699. The van der Waals surface area contributed by atoms with E-state index < -0.39 is 5.91 Å². The van der Waals surface area contributed by atoms with Crippen molar-refractivity contribution in [3.8, 4) is 11.5 Å². The Bertz CT molecular complexity index is 686. The second kappa shape index (κ2) is 6.50. The first kappa shape index (κ1) is 15.9. The third-order valence-electron chi connectivity index (χ3n) is 3.04. The molecule has 110 valence electrons. The maximum atomic E-state index is 11.6. The summed E-state index contributed by atoms with van der Waals surface area (Å²) in [4.78, 5) is 11.6. The first-order chi connectivity index (χ1) is 9.90. The van der Waals surface area contributed by atoms with Crippen LogP contribution in [0.3, 0.4) is 0 Å². The maximum absolute atomic E-state index is 11.6. The topological polar surface area (TPSA) is 52.3 Å². The van der Waals surface area contributed by atoms with Gasteiger partial charge in [-0.1, -0.05) is 47.4 Å². The number of ether oxygens (including phenoxy) is 1. The van der Waals surface area contributed by atoms with Crippen molar-refractivity contribution in [2.75, 3.05) is 0 Å². The Kier molecular flexibility index (Phi) is 4.91. The van der Waals surface area contributed by atoms with Crippen LogP contribution in [0.1, 0.15) is 35.7 Å². The van der Waals surface area contributed by atoms with E-state index in [1.54, 1.807) is 18.2 Å². The molecule has 0 saturated carbocycles. The summed E-state index contributed by atoms with van der Waals surface area (Å²) in [5, 5.41) is 0.281. The highest BCUT2D eigenvalue weighted by Crippen LogP contribution is 2.35. The van der Waals surface area contributed by atoms with E-state index in [1.807, 2.05) is 18.2 Å². The molecule has 0 aromatic heterocycles. The fraction of sp³-hybridized carbons (Fsp3) is 0.188. The molecule has 0 aliphatic heterocycles. The lowest BCUT2D eigenvalue weighted by Gasteiger charge is -2.16. The van der Waals surface area contributed by atoms with Crippen LogP contribution in [0.25, 0.3) is 0 Å². The van der Waals surface area contributed by atoms with Gasteiger partial charge in [0.2, 0.25) is 0 Å². The number of nitrogens with two attached hydrogens (primary N) is 1. The van der Waals surface area contributed by atoms with Crippen molar-refractivity contribution >= 4 is 33.4 Å². The first-order valence-electron chi connectivity index (χ1n) is 6.45. The van der Waals surface area contributed by atoms with Crippen LogP contribution in [0.4, 0.5) is 0 Å². The molecule has 5 heteroatoms. The summed E-state index contributed by atoms with van der Waals surface area (Å²) in [6.07, 6.45) is 0. The van der Waals surface area contributed by atoms with E-state index in [2.05, 4.69) is 29.8 Å². The molecule has 2 aromatic carbocycles. The van der Waals surface area contributed by atoms with Crippen LogP contribution >= 0.6 is 27.5 Å².